The summed E-state index contributed by atoms with van der Waals surface area (Å²) in [4.78, 5) is 30.8. The van der Waals surface area contributed by atoms with Crippen molar-refractivity contribution >= 4 is 11.8 Å². The number of carbonyl (C=O) groups excluding carboxylic acids is 2. The molecule has 1 saturated heterocycles. The molecule has 1 aliphatic rings. The Morgan fingerprint density at radius 1 is 0.771 bits per heavy atom. The average molecular weight is 470 g/mol. The van der Waals surface area contributed by atoms with Gasteiger partial charge in [0.1, 0.15) is 6.04 Å². The van der Waals surface area contributed by atoms with Gasteiger partial charge in [0.05, 0.1) is 6.04 Å². The number of amides is 2. The molecule has 3 aromatic carbocycles. The summed E-state index contributed by atoms with van der Waals surface area (Å²) in [6, 6.07) is 29.8. The van der Waals surface area contributed by atoms with Crippen LogP contribution >= 0.6 is 0 Å². The van der Waals surface area contributed by atoms with Gasteiger partial charge in [-0.25, -0.2) is 0 Å². The fourth-order valence-corrected chi connectivity index (χ4v) is 4.78. The fourth-order valence-electron chi connectivity index (χ4n) is 4.78. The zero-order valence-electron chi connectivity index (χ0n) is 20.6. The summed E-state index contributed by atoms with van der Waals surface area (Å²) in [7, 11) is 0. The maximum absolute atomic E-state index is 13.6. The lowest BCUT2D eigenvalue weighted by molar-refractivity contribution is -0.136. The molecular formula is C30H35N3O2. The molecular weight excluding hydrogens is 434 g/mol. The van der Waals surface area contributed by atoms with Gasteiger partial charge in [-0.1, -0.05) is 99.1 Å². The van der Waals surface area contributed by atoms with Crippen LogP contribution in [0, 0.1) is 5.92 Å². The summed E-state index contributed by atoms with van der Waals surface area (Å²) in [6.07, 6.45) is 0.815. The highest BCUT2D eigenvalue weighted by molar-refractivity contribution is 5.97. The van der Waals surface area contributed by atoms with Crippen molar-refractivity contribution < 1.29 is 9.59 Å². The predicted octanol–water partition coefficient (Wildman–Crippen LogP) is 4.76. The first-order chi connectivity index (χ1) is 17.1. The highest BCUT2D eigenvalue weighted by atomic mass is 16.2. The minimum Gasteiger partial charge on any atom is -0.340 e. The molecule has 5 nitrogen and oxygen atoms in total. The number of piperazine rings is 1. The molecule has 0 aromatic heterocycles. The van der Waals surface area contributed by atoms with Crippen molar-refractivity contribution in [2.24, 2.45) is 5.92 Å². The van der Waals surface area contributed by atoms with Crippen molar-refractivity contribution in [3.05, 3.63) is 108 Å². The van der Waals surface area contributed by atoms with E-state index in [2.05, 4.69) is 65.7 Å². The number of nitrogens with zero attached hydrogens (tertiary/aromatic N) is 2. The summed E-state index contributed by atoms with van der Waals surface area (Å²) in [5.41, 5.74) is 3.09. The Bertz CT molecular complexity index is 1040. The van der Waals surface area contributed by atoms with E-state index in [4.69, 9.17) is 0 Å². The lowest BCUT2D eigenvalue weighted by Gasteiger charge is -2.41. The van der Waals surface area contributed by atoms with Crippen molar-refractivity contribution in [1.29, 1.82) is 0 Å². The first-order valence-corrected chi connectivity index (χ1v) is 12.6. The van der Waals surface area contributed by atoms with E-state index in [9.17, 15) is 9.59 Å². The van der Waals surface area contributed by atoms with E-state index in [0.717, 1.165) is 19.5 Å². The third-order valence-corrected chi connectivity index (χ3v) is 7.02. The molecule has 1 heterocycles. The number of carbonyl (C=O) groups is 2. The Kier molecular flexibility index (Phi) is 8.32. The Morgan fingerprint density at radius 2 is 1.26 bits per heavy atom. The van der Waals surface area contributed by atoms with Crippen LogP contribution in [0.5, 0.6) is 0 Å². The number of rotatable bonds is 8. The smallest absolute Gasteiger partial charge is 0.251 e. The van der Waals surface area contributed by atoms with Crippen molar-refractivity contribution in [2.75, 3.05) is 26.2 Å². The molecule has 2 amide bonds. The van der Waals surface area contributed by atoms with Gasteiger partial charge >= 0.3 is 0 Å². The van der Waals surface area contributed by atoms with Crippen molar-refractivity contribution in [1.82, 2.24) is 15.1 Å². The lowest BCUT2D eigenvalue weighted by atomic mass is 9.95. The second-order valence-electron chi connectivity index (χ2n) is 9.29. The van der Waals surface area contributed by atoms with E-state index >= 15 is 0 Å². The van der Waals surface area contributed by atoms with Gasteiger partial charge < -0.3 is 10.2 Å². The zero-order chi connectivity index (χ0) is 24.6. The van der Waals surface area contributed by atoms with Gasteiger partial charge in [0.2, 0.25) is 5.91 Å². The maximum atomic E-state index is 13.6. The number of hydrogen-bond acceptors (Lipinski definition) is 3. The second kappa shape index (κ2) is 11.8. The molecule has 35 heavy (non-hydrogen) atoms. The van der Waals surface area contributed by atoms with Gasteiger partial charge in [0, 0.05) is 31.7 Å². The molecule has 2 atom stereocenters. The highest BCUT2D eigenvalue weighted by Crippen LogP contribution is 2.29. The van der Waals surface area contributed by atoms with Crippen LogP contribution in [0.15, 0.2) is 91.0 Å². The minimum absolute atomic E-state index is 0.0132. The van der Waals surface area contributed by atoms with E-state index < -0.39 is 6.04 Å². The van der Waals surface area contributed by atoms with Gasteiger partial charge in [-0.15, -0.1) is 0 Å². The van der Waals surface area contributed by atoms with Gasteiger partial charge in [-0.3, -0.25) is 14.5 Å². The Labute approximate surface area is 208 Å². The number of benzene rings is 3. The van der Waals surface area contributed by atoms with Gasteiger partial charge in [-0.05, 0) is 29.2 Å². The molecule has 182 valence electrons. The highest BCUT2D eigenvalue weighted by Gasteiger charge is 2.33. The normalized spacial score (nSPS) is 16.0. The molecule has 0 radical (unpaired) electrons. The predicted molar refractivity (Wildman–Crippen MR) is 140 cm³/mol. The van der Waals surface area contributed by atoms with Crippen LogP contribution in [-0.2, 0) is 4.79 Å². The van der Waals surface area contributed by atoms with Gasteiger partial charge in [0.15, 0.2) is 0 Å². The van der Waals surface area contributed by atoms with Gasteiger partial charge in [0.25, 0.3) is 5.91 Å². The zero-order valence-corrected chi connectivity index (χ0v) is 20.6. The van der Waals surface area contributed by atoms with E-state index in [1.54, 1.807) is 12.1 Å². The Balaban J connectivity index is 1.46. The SMILES string of the molecule is CCC(C)C(NC(=O)c1ccccc1)C(=O)N1CCN(C(c2ccccc2)c2ccccc2)CC1. The van der Waals surface area contributed by atoms with Crippen molar-refractivity contribution in [2.45, 2.75) is 32.4 Å². The molecule has 0 saturated carbocycles. The van der Waals surface area contributed by atoms with E-state index in [0.29, 0.717) is 18.7 Å². The summed E-state index contributed by atoms with van der Waals surface area (Å²) in [5.74, 6) is -0.134. The summed E-state index contributed by atoms with van der Waals surface area (Å²) >= 11 is 0. The average Bonchev–Trinajstić information content (AvgIpc) is 2.93. The van der Waals surface area contributed by atoms with Crippen LogP contribution in [0.2, 0.25) is 0 Å². The first-order valence-electron chi connectivity index (χ1n) is 12.6. The van der Waals surface area contributed by atoms with Crippen LogP contribution < -0.4 is 5.32 Å². The largest absolute Gasteiger partial charge is 0.340 e. The quantitative estimate of drug-likeness (QED) is 0.517. The topological polar surface area (TPSA) is 52.7 Å². The summed E-state index contributed by atoms with van der Waals surface area (Å²) in [6.45, 7) is 6.93. The summed E-state index contributed by atoms with van der Waals surface area (Å²) in [5, 5.41) is 3.02. The third kappa shape index (κ3) is 5.98. The second-order valence-corrected chi connectivity index (χ2v) is 9.29. The maximum Gasteiger partial charge on any atom is 0.251 e. The van der Waals surface area contributed by atoms with E-state index in [1.807, 2.05) is 42.2 Å². The van der Waals surface area contributed by atoms with Crippen LogP contribution in [0.4, 0.5) is 0 Å². The molecule has 5 heteroatoms. The van der Waals surface area contributed by atoms with Crippen molar-refractivity contribution in [3.8, 4) is 0 Å². The Hall–Kier alpha value is -3.44. The van der Waals surface area contributed by atoms with E-state index in [1.165, 1.54) is 11.1 Å². The van der Waals surface area contributed by atoms with E-state index in [-0.39, 0.29) is 23.8 Å². The summed E-state index contributed by atoms with van der Waals surface area (Å²) < 4.78 is 0. The van der Waals surface area contributed by atoms with Crippen LogP contribution in [0.1, 0.15) is 47.8 Å². The molecule has 1 aliphatic heterocycles. The molecule has 1 fully saturated rings. The molecule has 0 aliphatic carbocycles. The molecule has 2 unspecified atom stereocenters. The fraction of sp³-hybridized carbons (Fsp3) is 0.333. The standard InChI is InChI=1S/C30H35N3O2/c1-3-23(2)27(31-29(34)26-17-11-6-12-18-26)30(35)33-21-19-32(20-22-33)28(24-13-7-4-8-14-24)25-15-9-5-10-16-25/h4-18,23,27-28H,3,19-22H2,1-2H3,(H,31,34). The molecule has 0 spiro atoms. The number of hydrogen-bond donors (Lipinski definition) is 1. The molecule has 1 N–H and O–H groups in total. The molecule has 4 rings (SSSR count). The third-order valence-electron chi connectivity index (χ3n) is 7.02. The van der Waals surface area contributed by atoms with Crippen LogP contribution in [-0.4, -0.2) is 53.8 Å². The van der Waals surface area contributed by atoms with Crippen LogP contribution in [0.3, 0.4) is 0 Å². The first kappa shape index (κ1) is 24.7. The Morgan fingerprint density at radius 3 is 1.74 bits per heavy atom. The van der Waals surface area contributed by atoms with Crippen molar-refractivity contribution in [3.63, 3.8) is 0 Å². The monoisotopic (exact) mass is 469 g/mol. The molecule has 0 bridgehead atoms. The minimum atomic E-state index is -0.529. The molecule has 3 aromatic rings. The van der Waals surface area contributed by atoms with Gasteiger partial charge in [-0.2, -0.15) is 0 Å². The number of nitrogens with one attached hydrogen (secondary N) is 1. The van der Waals surface area contributed by atoms with Crippen LogP contribution in [0.25, 0.3) is 0 Å². The lowest BCUT2D eigenvalue weighted by Crippen LogP contribution is -2.57.